The van der Waals surface area contributed by atoms with Crippen molar-refractivity contribution < 1.29 is 9.47 Å². The standard InChI is InChI=1S/C14H13ClN2O2S/c15-10-2-1-3-17-14(10)20-8-9-6-12-13(7-11(9)16)19-5-4-18-12/h1-3,6-7H,4-5,8,16H2. The summed E-state index contributed by atoms with van der Waals surface area (Å²) in [5.41, 5.74) is 7.72. The Morgan fingerprint density at radius 2 is 2.00 bits per heavy atom. The summed E-state index contributed by atoms with van der Waals surface area (Å²) in [5.74, 6) is 2.13. The molecule has 0 amide bonds. The average Bonchev–Trinajstić information content (AvgIpc) is 2.46. The van der Waals surface area contributed by atoms with E-state index in [2.05, 4.69) is 4.98 Å². The number of nitrogen functional groups attached to an aromatic ring is 1. The Bertz CT molecular complexity index is 637. The van der Waals surface area contributed by atoms with Crippen LogP contribution in [0.1, 0.15) is 5.56 Å². The molecular formula is C14H13ClN2O2S. The number of benzene rings is 1. The SMILES string of the molecule is Nc1cc2c(cc1CSc1ncccc1Cl)OCCO2. The highest BCUT2D eigenvalue weighted by atomic mass is 35.5. The van der Waals surface area contributed by atoms with Gasteiger partial charge in [-0.1, -0.05) is 11.6 Å². The van der Waals surface area contributed by atoms with E-state index in [0.717, 1.165) is 16.3 Å². The molecule has 1 aromatic heterocycles. The number of hydrogen-bond acceptors (Lipinski definition) is 5. The van der Waals surface area contributed by atoms with Crippen LogP contribution in [-0.2, 0) is 5.75 Å². The molecule has 0 spiro atoms. The number of nitrogens with two attached hydrogens (primary N) is 1. The quantitative estimate of drug-likeness (QED) is 0.696. The molecule has 104 valence electrons. The first-order chi connectivity index (χ1) is 9.74. The first kappa shape index (κ1) is 13.4. The molecule has 4 nitrogen and oxygen atoms in total. The maximum absolute atomic E-state index is 6.09. The first-order valence-corrected chi connectivity index (χ1v) is 7.52. The molecule has 0 atom stereocenters. The van der Waals surface area contributed by atoms with Gasteiger partial charge in [-0.25, -0.2) is 4.98 Å². The summed E-state index contributed by atoms with van der Waals surface area (Å²) in [6.45, 7) is 1.12. The molecule has 0 fully saturated rings. The van der Waals surface area contributed by atoms with Gasteiger partial charge in [0.05, 0.1) is 5.02 Å². The van der Waals surface area contributed by atoms with Crippen LogP contribution in [0.4, 0.5) is 5.69 Å². The monoisotopic (exact) mass is 308 g/mol. The fourth-order valence-electron chi connectivity index (χ4n) is 1.90. The molecule has 1 aromatic carbocycles. The van der Waals surface area contributed by atoms with E-state index >= 15 is 0 Å². The molecule has 2 heterocycles. The van der Waals surface area contributed by atoms with Gasteiger partial charge in [-0.05, 0) is 23.8 Å². The minimum absolute atomic E-state index is 0.560. The topological polar surface area (TPSA) is 57.4 Å². The summed E-state index contributed by atoms with van der Waals surface area (Å²) in [7, 11) is 0. The van der Waals surface area contributed by atoms with Crippen LogP contribution in [0, 0.1) is 0 Å². The van der Waals surface area contributed by atoms with E-state index in [0.29, 0.717) is 35.4 Å². The Morgan fingerprint density at radius 3 is 2.75 bits per heavy atom. The minimum atomic E-state index is 0.560. The number of rotatable bonds is 3. The van der Waals surface area contributed by atoms with Crippen molar-refractivity contribution in [2.45, 2.75) is 10.8 Å². The van der Waals surface area contributed by atoms with E-state index in [-0.39, 0.29) is 0 Å². The normalized spacial score (nSPS) is 13.2. The molecule has 0 radical (unpaired) electrons. The van der Waals surface area contributed by atoms with Crippen molar-refractivity contribution in [3.63, 3.8) is 0 Å². The number of aromatic nitrogens is 1. The third-order valence-corrected chi connectivity index (χ3v) is 4.36. The molecule has 20 heavy (non-hydrogen) atoms. The summed E-state index contributed by atoms with van der Waals surface area (Å²) in [5, 5.41) is 1.44. The highest BCUT2D eigenvalue weighted by Crippen LogP contribution is 2.37. The zero-order valence-electron chi connectivity index (χ0n) is 10.6. The number of hydrogen-bond donors (Lipinski definition) is 1. The number of thioether (sulfide) groups is 1. The lowest BCUT2D eigenvalue weighted by molar-refractivity contribution is 0.171. The molecular weight excluding hydrogens is 296 g/mol. The van der Waals surface area contributed by atoms with Crippen molar-refractivity contribution in [2.24, 2.45) is 0 Å². The maximum Gasteiger partial charge on any atom is 0.163 e. The van der Waals surface area contributed by atoms with Crippen LogP contribution < -0.4 is 15.2 Å². The summed E-state index contributed by atoms with van der Waals surface area (Å²) in [6.07, 6.45) is 1.72. The Labute approximate surface area is 126 Å². The average molecular weight is 309 g/mol. The molecule has 1 aliphatic heterocycles. The van der Waals surface area contributed by atoms with Gasteiger partial charge in [0.2, 0.25) is 0 Å². The van der Waals surface area contributed by atoms with Crippen molar-refractivity contribution >= 4 is 29.1 Å². The Balaban J connectivity index is 1.79. The molecule has 0 unspecified atom stereocenters. The largest absolute Gasteiger partial charge is 0.486 e. The van der Waals surface area contributed by atoms with Gasteiger partial charge in [-0.15, -0.1) is 11.8 Å². The van der Waals surface area contributed by atoms with E-state index in [1.807, 2.05) is 24.3 Å². The number of anilines is 1. The van der Waals surface area contributed by atoms with E-state index < -0.39 is 0 Å². The molecule has 6 heteroatoms. The van der Waals surface area contributed by atoms with Crippen LogP contribution in [0.5, 0.6) is 11.5 Å². The lowest BCUT2D eigenvalue weighted by Crippen LogP contribution is -2.15. The van der Waals surface area contributed by atoms with Crippen LogP contribution in [-0.4, -0.2) is 18.2 Å². The summed E-state index contributed by atoms with van der Waals surface area (Å²) in [6, 6.07) is 7.37. The maximum atomic E-state index is 6.09. The molecule has 3 rings (SSSR count). The summed E-state index contributed by atoms with van der Waals surface area (Å²) in [4.78, 5) is 4.24. The van der Waals surface area contributed by atoms with Gasteiger partial charge in [0, 0.05) is 23.7 Å². The van der Waals surface area contributed by atoms with E-state index in [9.17, 15) is 0 Å². The van der Waals surface area contributed by atoms with E-state index in [1.54, 1.807) is 18.0 Å². The summed E-state index contributed by atoms with van der Waals surface area (Å²) >= 11 is 7.63. The molecule has 0 bridgehead atoms. The summed E-state index contributed by atoms with van der Waals surface area (Å²) < 4.78 is 11.1. The number of pyridine rings is 1. The van der Waals surface area contributed by atoms with Gasteiger partial charge in [-0.2, -0.15) is 0 Å². The molecule has 2 N–H and O–H groups in total. The van der Waals surface area contributed by atoms with Gasteiger partial charge in [-0.3, -0.25) is 0 Å². The Kier molecular flexibility index (Phi) is 3.89. The van der Waals surface area contributed by atoms with Crippen molar-refractivity contribution in [2.75, 3.05) is 18.9 Å². The highest BCUT2D eigenvalue weighted by Gasteiger charge is 2.15. The number of nitrogens with zero attached hydrogens (tertiary/aromatic N) is 1. The number of halogens is 1. The van der Waals surface area contributed by atoms with E-state index in [4.69, 9.17) is 26.8 Å². The molecule has 0 aliphatic carbocycles. The van der Waals surface area contributed by atoms with Crippen LogP contribution in [0.15, 0.2) is 35.5 Å². The van der Waals surface area contributed by atoms with Crippen LogP contribution in [0.2, 0.25) is 5.02 Å². The zero-order valence-corrected chi connectivity index (χ0v) is 12.2. The predicted octanol–water partition coefficient (Wildman–Crippen LogP) is 3.38. The smallest absolute Gasteiger partial charge is 0.163 e. The zero-order chi connectivity index (χ0) is 13.9. The van der Waals surface area contributed by atoms with Crippen LogP contribution >= 0.6 is 23.4 Å². The van der Waals surface area contributed by atoms with Crippen molar-refractivity contribution in [3.8, 4) is 11.5 Å². The number of fused-ring (bicyclic) bond motifs is 1. The third-order valence-electron chi connectivity index (χ3n) is 2.89. The molecule has 2 aromatic rings. The fourth-order valence-corrected chi connectivity index (χ4v) is 3.06. The van der Waals surface area contributed by atoms with Gasteiger partial charge in [0.25, 0.3) is 0 Å². The fraction of sp³-hybridized carbons (Fsp3) is 0.214. The second-order valence-electron chi connectivity index (χ2n) is 4.27. The van der Waals surface area contributed by atoms with Crippen molar-refractivity contribution in [3.05, 3.63) is 41.0 Å². The van der Waals surface area contributed by atoms with Crippen LogP contribution in [0.25, 0.3) is 0 Å². The molecule has 0 saturated heterocycles. The highest BCUT2D eigenvalue weighted by molar-refractivity contribution is 7.98. The predicted molar refractivity (Wildman–Crippen MR) is 80.7 cm³/mol. The second kappa shape index (κ2) is 5.81. The van der Waals surface area contributed by atoms with Crippen molar-refractivity contribution in [1.82, 2.24) is 4.98 Å². The van der Waals surface area contributed by atoms with E-state index in [1.165, 1.54) is 0 Å². The lowest BCUT2D eigenvalue weighted by Gasteiger charge is -2.20. The second-order valence-corrected chi connectivity index (χ2v) is 5.64. The number of ether oxygens (including phenoxy) is 2. The Morgan fingerprint density at radius 1 is 1.25 bits per heavy atom. The van der Waals surface area contributed by atoms with Gasteiger partial charge in [0.15, 0.2) is 11.5 Å². The third kappa shape index (κ3) is 2.78. The van der Waals surface area contributed by atoms with Gasteiger partial charge in [0.1, 0.15) is 18.2 Å². The first-order valence-electron chi connectivity index (χ1n) is 6.15. The van der Waals surface area contributed by atoms with Gasteiger partial charge >= 0.3 is 0 Å². The molecule has 1 aliphatic rings. The van der Waals surface area contributed by atoms with Crippen molar-refractivity contribution in [1.29, 1.82) is 0 Å². The Hall–Kier alpha value is -1.59. The molecule has 0 saturated carbocycles. The minimum Gasteiger partial charge on any atom is -0.486 e. The van der Waals surface area contributed by atoms with Gasteiger partial charge < -0.3 is 15.2 Å². The lowest BCUT2D eigenvalue weighted by atomic mass is 10.2. The van der Waals surface area contributed by atoms with Crippen LogP contribution in [0.3, 0.4) is 0 Å².